The highest BCUT2D eigenvalue weighted by Gasteiger charge is 2.24. The molecule has 5 rings (SSSR count). The summed E-state index contributed by atoms with van der Waals surface area (Å²) in [6, 6.07) is 4.84. The molecule has 0 radical (unpaired) electrons. The molecule has 5 nitrogen and oxygen atoms in total. The van der Waals surface area contributed by atoms with Crippen molar-refractivity contribution in [3.8, 4) is 11.5 Å². The highest BCUT2D eigenvalue weighted by molar-refractivity contribution is 5.89. The monoisotopic (exact) mass is 423 g/mol. The maximum Gasteiger partial charge on any atom is 0.163 e. The lowest BCUT2D eigenvalue weighted by molar-refractivity contribution is 0.254. The molecule has 0 atom stereocenters. The van der Waals surface area contributed by atoms with Crippen LogP contribution in [0.2, 0.25) is 0 Å². The Bertz CT molecular complexity index is 901. The fourth-order valence-electron chi connectivity index (χ4n) is 5.68. The molecule has 168 valence electrons. The van der Waals surface area contributed by atoms with E-state index in [0.29, 0.717) is 6.04 Å². The van der Waals surface area contributed by atoms with Crippen molar-refractivity contribution in [3.63, 3.8) is 0 Å². The summed E-state index contributed by atoms with van der Waals surface area (Å²) in [6.45, 7) is 4.32. The van der Waals surface area contributed by atoms with Crippen LogP contribution in [0, 0.1) is 0 Å². The van der Waals surface area contributed by atoms with Crippen LogP contribution in [-0.2, 0) is 12.8 Å². The maximum absolute atomic E-state index is 6.19. The average Bonchev–Trinajstić information content (AvgIpc) is 3.49. The van der Waals surface area contributed by atoms with E-state index in [0.717, 1.165) is 55.2 Å². The van der Waals surface area contributed by atoms with E-state index in [2.05, 4.69) is 22.3 Å². The van der Waals surface area contributed by atoms with E-state index in [1.165, 1.54) is 81.0 Å². The molecule has 0 bridgehead atoms. The Balaban J connectivity index is 1.37. The minimum Gasteiger partial charge on any atom is -0.493 e. The number of rotatable bonds is 8. The molecule has 1 saturated carbocycles. The molecule has 2 aromatic rings. The second kappa shape index (κ2) is 9.64. The summed E-state index contributed by atoms with van der Waals surface area (Å²) >= 11 is 0. The standard InChI is InChI=1S/C26H37N3O2/c1-30-24-17-22-20-11-7-12-21(20)26(27-19-9-3-2-4-10-19)28-23(22)18-25(24)31-16-8-15-29-13-5-6-14-29/h17-19H,2-16H2,1H3,(H,27,28). The minimum atomic E-state index is 0.572. The first kappa shape index (κ1) is 20.9. The number of aryl methyl sites for hydroxylation is 1. The molecule has 5 heteroatoms. The number of methoxy groups -OCH3 is 1. The van der Waals surface area contributed by atoms with Gasteiger partial charge < -0.3 is 19.7 Å². The van der Waals surface area contributed by atoms with Crippen molar-refractivity contribution in [3.05, 3.63) is 23.3 Å². The van der Waals surface area contributed by atoms with Crippen LogP contribution in [0.5, 0.6) is 11.5 Å². The third kappa shape index (κ3) is 4.62. The number of likely N-dealkylation sites (tertiary alicyclic amines) is 1. The molecule has 0 unspecified atom stereocenters. The Kier molecular flexibility index (Phi) is 6.49. The van der Waals surface area contributed by atoms with Crippen LogP contribution in [0.3, 0.4) is 0 Å². The van der Waals surface area contributed by atoms with Gasteiger partial charge in [-0.25, -0.2) is 4.98 Å². The summed E-state index contributed by atoms with van der Waals surface area (Å²) in [5, 5.41) is 5.06. The second-order valence-corrected chi connectivity index (χ2v) is 9.52. The number of ether oxygens (including phenoxy) is 2. The molecular formula is C26H37N3O2. The number of aromatic nitrogens is 1. The smallest absolute Gasteiger partial charge is 0.163 e. The quantitative estimate of drug-likeness (QED) is 0.581. The van der Waals surface area contributed by atoms with Crippen molar-refractivity contribution in [2.75, 3.05) is 38.7 Å². The van der Waals surface area contributed by atoms with Gasteiger partial charge in [-0.1, -0.05) is 19.3 Å². The van der Waals surface area contributed by atoms with E-state index in [9.17, 15) is 0 Å². The van der Waals surface area contributed by atoms with Crippen LogP contribution < -0.4 is 14.8 Å². The largest absolute Gasteiger partial charge is 0.493 e. The molecule has 2 aliphatic carbocycles. The number of hydrogen-bond acceptors (Lipinski definition) is 5. The molecule has 31 heavy (non-hydrogen) atoms. The lowest BCUT2D eigenvalue weighted by Gasteiger charge is -2.25. The molecule has 2 heterocycles. The predicted molar refractivity (Wildman–Crippen MR) is 127 cm³/mol. The van der Waals surface area contributed by atoms with Crippen molar-refractivity contribution in [1.29, 1.82) is 0 Å². The second-order valence-electron chi connectivity index (χ2n) is 9.52. The summed E-state index contributed by atoms with van der Waals surface area (Å²) in [4.78, 5) is 7.65. The van der Waals surface area contributed by atoms with Crippen LogP contribution in [0.15, 0.2) is 12.1 Å². The van der Waals surface area contributed by atoms with Gasteiger partial charge in [-0.15, -0.1) is 0 Å². The van der Waals surface area contributed by atoms with E-state index >= 15 is 0 Å². The van der Waals surface area contributed by atoms with Gasteiger partial charge in [0.25, 0.3) is 0 Å². The summed E-state index contributed by atoms with van der Waals surface area (Å²) in [5.41, 5.74) is 3.93. The first-order valence-electron chi connectivity index (χ1n) is 12.5. The summed E-state index contributed by atoms with van der Waals surface area (Å²) < 4.78 is 11.9. The lowest BCUT2D eigenvalue weighted by atomic mass is 9.95. The first-order chi connectivity index (χ1) is 15.3. The third-order valence-corrected chi connectivity index (χ3v) is 7.36. The average molecular weight is 424 g/mol. The highest BCUT2D eigenvalue weighted by atomic mass is 16.5. The third-order valence-electron chi connectivity index (χ3n) is 7.36. The van der Waals surface area contributed by atoms with Crippen molar-refractivity contribution in [2.24, 2.45) is 0 Å². The number of nitrogens with one attached hydrogen (secondary N) is 1. The van der Waals surface area contributed by atoms with Crippen LogP contribution in [0.4, 0.5) is 5.82 Å². The minimum absolute atomic E-state index is 0.572. The predicted octanol–water partition coefficient (Wildman–Crippen LogP) is 5.34. The zero-order valence-corrected chi connectivity index (χ0v) is 19.0. The molecule has 1 aliphatic heterocycles. The zero-order valence-electron chi connectivity index (χ0n) is 19.0. The highest BCUT2D eigenvalue weighted by Crippen LogP contribution is 2.39. The molecule has 1 aromatic carbocycles. The maximum atomic E-state index is 6.19. The molecule has 1 N–H and O–H groups in total. The zero-order chi connectivity index (χ0) is 21.0. The fraction of sp³-hybridized carbons (Fsp3) is 0.654. The topological polar surface area (TPSA) is 46.6 Å². The van der Waals surface area contributed by atoms with E-state index in [4.69, 9.17) is 14.5 Å². The molecule has 2 fully saturated rings. The summed E-state index contributed by atoms with van der Waals surface area (Å²) in [5.74, 6) is 2.78. The van der Waals surface area contributed by atoms with E-state index in [-0.39, 0.29) is 0 Å². The number of hydrogen-bond donors (Lipinski definition) is 1. The Morgan fingerprint density at radius 2 is 1.77 bits per heavy atom. The van der Waals surface area contributed by atoms with Crippen molar-refractivity contribution in [1.82, 2.24) is 9.88 Å². The number of nitrogens with zero attached hydrogens (tertiary/aromatic N) is 2. The molecule has 0 spiro atoms. The van der Waals surface area contributed by atoms with Gasteiger partial charge in [-0.05, 0) is 81.6 Å². The number of anilines is 1. The van der Waals surface area contributed by atoms with Crippen molar-refractivity contribution in [2.45, 2.75) is 76.7 Å². The number of pyridine rings is 1. The van der Waals surface area contributed by atoms with Gasteiger partial charge in [0.05, 0.1) is 19.2 Å². The SMILES string of the molecule is COc1cc2c3c(c(NC4CCCCC4)nc2cc1OCCCN1CCCC1)CCC3. The normalized spacial score (nSPS) is 19.6. The van der Waals surface area contributed by atoms with Gasteiger partial charge in [-0.2, -0.15) is 0 Å². The number of benzene rings is 1. The van der Waals surface area contributed by atoms with Gasteiger partial charge in [0.15, 0.2) is 11.5 Å². The molecule has 3 aliphatic rings. The molecule has 1 aromatic heterocycles. The van der Waals surface area contributed by atoms with Gasteiger partial charge in [0.1, 0.15) is 5.82 Å². The van der Waals surface area contributed by atoms with E-state index in [1.54, 1.807) is 7.11 Å². The Morgan fingerprint density at radius 3 is 2.58 bits per heavy atom. The van der Waals surface area contributed by atoms with Crippen molar-refractivity contribution < 1.29 is 9.47 Å². The molecule has 1 saturated heterocycles. The van der Waals surface area contributed by atoms with Crippen LogP contribution >= 0.6 is 0 Å². The summed E-state index contributed by atoms with van der Waals surface area (Å²) in [7, 11) is 1.74. The van der Waals surface area contributed by atoms with E-state index < -0.39 is 0 Å². The van der Waals surface area contributed by atoms with Gasteiger partial charge in [0, 0.05) is 24.0 Å². The lowest BCUT2D eigenvalue weighted by Crippen LogP contribution is -2.23. The van der Waals surface area contributed by atoms with Crippen LogP contribution in [-0.4, -0.2) is 49.3 Å². The van der Waals surface area contributed by atoms with Crippen LogP contribution in [0.1, 0.15) is 68.9 Å². The molecular weight excluding hydrogens is 386 g/mol. The Morgan fingerprint density at radius 1 is 0.968 bits per heavy atom. The van der Waals surface area contributed by atoms with Gasteiger partial charge >= 0.3 is 0 Å². The Hall–Kier alpha value is -2.01. The molecule has 0 amide bonds. The van der Waals surface area contributed by atoms with Crippen molar-refractivity contribution >= 4 is 16.7 Å². The first-order valence-corrected chi connectivity index (χ1v) is 12.5. The van der Waals surface area contributed by atoms with Gasteiger partial charge in [-0.3, -0.25) is 0 Å². The van der Waals surface area contributed by atoms with E-state index in [1.807, 2.05) is 0 Å². The van der Waals surface area contributed by atoms with Crippen LogP contribution in [0.25, 0.3) is 10.9 Å². The number of fused-ring (bicyclic) bond motifs is 3. The Labute approximate surface area is 186 Å². The summed E-state index contributed by atoms with van der Waals surface area (Å²) in [6.07, 6.45) is 13.8. The van der Waals surface area contributed by atoms with Gasteiger partial charge in [0.2, 0.25) is 0 Å². The fourth-order valence-corrected chi connectivity index (χ4v) is 5.68.